The van der Waals surface area contributed by atoms with E-state index in [1.165, 1.54) is 140 Å². The molecule has 0 aliphatic heterocycles. The largest absolute Gasteiger partial charge is 0.445 e. The number of Topliss-reactive ketones (excluding diaryl/α,β-unsaturated/α-hetero) is 4. The van der Waals surface area contributed by atoms with Crippen LogP contribution in [0.15, 0.2) is 77.0 Å². The minimum Gasteiger partial charge on any atom is -0.445 e. The van der Waals surface area contributed by atoms with Gasteiger partial charge in [0, 0.05) is 85.2 Å². The molecule has 4 aromatic heterocycles. The smallest absolute Gasteiger partial charge is 0.202 e. The van der Waals surface area contributed by atoms with E-state index in [1.54, 1.807) is 6.20 Å². The van der Waals surface area contributed by atoms with Gasteiger partial charge in [-0.2, -0.15) is 0 Å². The van der Waals surface area contributed by atoms with Crippen molar-refractivity contribution in [1.82, 2.24) is 19.5 Å². The number of carbonyl (C=O) groups excluding carboxylic acids is 4. The number of rotatable bonds is 12. The van der Waals surface area contributed by atoms with Crippen molar-refractivity contribution in [3.63, 3.8) is 0 Å². The van der Waals surface area contributed by atoms with Crippen LogP contribution in [0, 0.1) is 179 Å². The highest BCUT2D eigenvalue weighted by molar-refractivity contribution is 5.86. The second-order valence-corrected chi connectivity index (χ2v) is 46.0. The number of aromatic nitrogens is 4. The average molecular weight is 1610 g/mol. The Morgan fingerprint density at radius 1 is 0.407 bits per heavy atom. The summed E-state index contributed by atoms with van der Waals surface area (Å²) in [4.78, 5) is 66.7. The van der Waals surface area contributed by atoms with Crippen molar-refractivity contribution in [1.29, 1.82) is 0 Å². The Morgan fingerprint density at radius 2 is 0.831 bits per heavy atom. The molecular weight excluding hydrogens is 1460 g/mol. The van der Waals surface area contributed by atoms with E-state index in [1.807, 2.05) is 104 Å². The molecule has 0 unspecified atom stereocenters. The van der Waals surface area contributed by atoms with Gasteiger partial charge in [0.25, 0.3) is 0 Å². The van der Waals surface area contributed by atoms with E-state index in [2.05, 4.69) is 59.4 Å². The van der Waals surface area contributed by atoms with Gasteiger partial charge in [0.2, 0.25) is 5.89 Å². The number of aryl methyl sites for hydroxylation is 4. The molecule has 15 saturated carbocycles. The lowest BCUT2D eigenvalue weighted by Gasteiger charge is -2.56. The summed E-state index contributed by atoms with van der Waals surface area (Å²) in [7, 11) is 2.05. The van der Waals surface area contributed by atoms with E-state index in [9.17, 15) is 39.6 Å². The van der Waals surface area contributed by atoms with Crippen LogP contribution < -0.4 is 0 Å². The first kappa shape index (κ1) is 85.2. The fourth-order valence-electron chi connectivity index (χ4n) is 33.5. The van der Waals surface area contributed by atoms with Crippen LogP contribution in [0.5, 0.6) is 0 Å². The van der Waals surface area contributed by atoms with Gasteiger partial charge >= 0.3 is 0 Å². The highest BCUT2D eigenvalue weighted by Crippen LogP contribution is 2.70. The van der Waals surface area contributed by atoms with Crippen LogP contribution >= 0.6 is 0 Å². The summed E-state index contributed by atoms with van der Waals surface area (Å²) < 4.78 is 7.82. The quantitative estimate of drug-likeness (QED) is 0.0978. The maximum Gasteiger partial charge on any atom is 0.202 e. The van der Waals surface area contributed by atoms with Crippen LogP contribution in [0.3, 0.4) is 0 Å². The van der Waals surface area contributed by atoms with Gasteiger partial charge in [0.15, 0.2) is 0 Å². The first-order valence-electron chi connectivity index (χ1n) is 48.7. The van der Waals surface area contributed by atoms with Crippen molar-refractivity contribution in [2.45, 2.75) is 349 Å². The molecule has 0 aromatic carbocycles. The Labute approximate surface area is 709 Å². The minimum atomic E-state index is -0.514. The van der Waals surface area contributed by atoms with Gasteiger partial charge in [-0.3, -0.25) is 29.1 Å². The van der Waals surface area contributed by atoms with Crippen molar-refractivity contribution < 1.29 is 44.0 Å². The van der Waals surface area contributed by atoms with Crippen molar-refractivity contribution in [2.75, 3.05) is 0 Å². The molecule has 0 bridgehead atoms. The number of nitrogens with zero attached hydrogens (tertiary/aromatic N) is 4. The van der Waals surface area contributed by atoms with Gasteiger partial charge < -0.3 is 29.4 Å². The zero-order valence-corrected chi connectivity index (χ0v) is 74.8. The van der Waals surface area contributed by atoms with Gasteiger partial charge in [-0.05, 0) is 444 Å². The number of carbonyl (C=O) groups is 4. The van der Waals surface area contributed by atoms with Gasteiger partial charge in [0.1, 0.15) is 28.9 Å². The zero-order valence-electron chi connectivity index (χ0n) is 74.8. The fourth-order valence-corrected chi connectivity index (χ4v) is 33.5. The van der Waals surface area contributed by atoms with Gasteiger partial charge in [0.05, 0.1) is 34.5 Å². The van der Waals surface area contributed by atoms with E-state index in [0.29, 0.717) is 72.5 Å². The summed E-state index contributed by atoms with van der Waals surface area (Å²) in [6, 6.07) is 16.1. The first-order chi connectivity index (χ1) is 56.1. The number of oxazole rings is 1. The zero-order chi connectivity index (χ0) is 83.0. The van der Waals surface area contributed by atoms with E-state index in [-0.39, 0.29) is 45.3 Å². The fraction of sp³-hybridized carbons (Fsp3) is 0.781. The predicted molar refractivity (Wildman–Crippen MR) is 464 cm³/mol. The second-order valence-electron chi connectivity index (χ2n) is 46.0. The normalized spacial score (nSPS) is 45.3. The van der Waals surface area contributed by atoms with Gasteiger partial charge in [-0.25, -0.2) is 4.98 Å². The number of fused-ring (bicyclic) bond motifs is 20. The number of hydrogen-bond donors (Lipinski definition) is 4. The van der Waals surface area contributed by atoms with Crippen LogP contribution in [0.2, 0.25) is 0 Å². The topological polar surface area (TPSA) is 206 Å². The van der Waals surface area contributed by atoms with Crippen LogP contribution in [0.4, 0.5) is 0 Å². The summed E-state index contributed by atoms with van der Waals surface area (Å²) in [6.45, 7) is 23.8. The first-order valence-corrected chi connectivity index (χ1v) is 48.7. The summed E-state index contributed by atoms with van der Waals surface area (Å²) in [5, 5.41) is 42.3. The van der Waals surface area contributed by atoms with Crippen molar-refractivity contribution in [2.24, 2.45) is 165 Å². The molecule has 15 fully saturated rings. The van der Waals surface area contributed by atoms with Crippen LogP contribution in [0.25, 0.3) is 0 Å². The maximum atomic E-state index is 13.4. The summed E-state index contributed by atoms with van der Waals surface area (Å²) in [5.41, 5.74) is 5.35. The standard InChI is InChI=1S/C27H39NO2.C26H37NO3.C26H39NO2.C26H37NO2/c1-17-5-4-6-19(28-17)15-25(29)24-10-9-23-22-8-7-18-16-26(2,30)13-11-20(18)21(22)12-14-27(23,24)3;1-15-16(2)30-24(27-15)13-23(28)22-8-7-21-20-6-5-17-14-25(3,29)11-9-18(17)19(20)10-12-26(21,22)4;1-25(29)12-10-19-17(16-25)6-7-21-20(19)11-13-26(2)22(21)8-9-23(26)24(28)15-18-5-4-14-27(18)3;1-25(29)12-10-19-17(16-25)6-7-21-20(19)11-13-26(2)22(21)8-9-23(26)24(28)15-18-5-3-4-14-27-18/h4-6,18,20-24,30H,7-16H2,1-3H3;5,18-22,29H,6-14H2,1-4H3;4-5,14,17,19-23,29H,6-13,15-16H2,1-3H3;3-5,14,17,19-23,29H,6-13,15-16H2,1-2H3/t18-,20+,21-,22-,23+,24-,26-,27+;18-,19+,20+,21-,22+,25+,26-;2*17-,19+,20-,21-,22+,23-,25-,26+/m1011/s1. The molecule has 16 aliphatic rings. The molecule has 13 nitrogen and oxygen atoms in total. The lowest BCUT2D eigenvalue weighted by Crippen LogP contribution is -2.51. The van der Waals surface area contributed by atoms with Crippen molar-refractivity contribution >= 4 is 23.1 Å². The van der Waals surface area contributed by atoms with Crippen LogP contribution in [0.1, 0.15) is 320 Å². The molecule has 0 amide bonds. The number of allylic oxidation sites excluding steroid dienone is 1. The molecule has 0 saturated heterocycles. The lowest BCUT2D eigenvalue weighted by atomic mass is 9.49. The molecule has 4 heterocycles. The number of hydrogen-bond acceptors (Lipinski definition) is 12. The molecular formula is C105H152N4O9. The Hall–Kier alpha value is -4.95. The third-order valence-corrected chi connectivity index (χ3v) is 39.2. The van der Waals surface area contributed by atoms with E-state index in [0.717, 1.165) is 219 Å². The highest BCUT2D eigenvalue weighted by Gasteiger charge is 2.64. The summed E-state index contributed by atoms with van der Waals surface area (Å²) in [6.07, 6.45) is 49.0. The average Bonchev–Trinajstić information content (AvgIpc) is 1.52. The number of ketones is 4. The SMILES string of the molecule is C[C@@]1(O)CC[C@H]2[C@H](CC[C@@H]3[C@@H]2CC[C@]2(C)[C@@H](C(=O)Cc4ccccn4)CC[C@@H]32)C1.Cc1cccc(CC(=O)[C@H]2CC[C@H]3[C@@H]4CC[C@@H]5C[C@](C)(O)CC[C@@H]5[C@H]4CC[C@]23C)n1.Cc1nc(CC(=O)[C@H]2CC[C@H]3[C@@H]4CC=C5C[C@](C)(O)CC[C@@H]5[C@H]4CC[C@]23C)oc1C.Cn1cccc1CC(=O)[C@H]1CC[C@H]2[C@@H]3CC[C@@H]4C[C@](C)(O)CC[C@@H]4[C@H]3CC[C@]12C. The van der Waals surface area contributed by atoms with E-state index in [4.69, 9.17) is 4.42 Å². The molecule has 118 heavy (non-hydrogen) atoms. The summed E-state index contributed by atoms with van der Waals surface area (Å²) >= 11 is 0. The van der Waals surface area contributed by atoms with Crippen LogP contribution in [-0.4, -0.2) is 85.5 Å². The molecule has 646 valence electrons. The third-order valence-electron chi connectivity index (χ3n) is 39.2. The molecule has 4 N–H and O–H groups in total. The lowest BCUT2D eigenvalue weighted by molar-refractivity contribution is -0.132. The molecule has 20 rings (SSSR count). The van der Waals surface area contributed by atoms with Crippen molar-refractivity contribution in [3.05, 3.63) is 113 Å². The molecule has 0 radical (unpaired) electrons. The van der Waals surface area contributed by atoms with Gasteiger partial charge in [-0.15, -0.1) is 0 Å². The third kappa shape index (κ3) is 16.3. The summed E-state index contributed by atoms with van der Waals surface area (Å²) in [5.74, 6) is 18.5. The van der Waals surface area contributed by atoms with E-state index >= 15 is 0 Å². The van der Waals surface area contributed by atoms with E-state index < -0.39 is 22.4 Å². The molecule has 31 atom stereocenters. The monoisotopic (exact) mass is 1610 g/mol. The molecule has 16 aliphatic carbocycles. The Balaban J connectivity index is 0.000000113. The minimum absolute atomic E-state index is 0.125. The van der Waals surface area contributed by atoms with Crippen LogP contribution in [-0.2, 0) is 51.9 Å². The molecule has 4 aromatic rings. The number of pyridine rings is 2. The Morgan fingerprint density at radius 3 is 1.26 bits per heavy atom. The number of aliphatic hydroxyl groups is 4. The molecule has 0 spiro atoms. The maximum absolute atomic E-state index is 13.4. The highest BCUT2D eigenvalue weighted by atomic mass is 16.4. The van der Waals surface area contributed by atoms with Crippen molar-refractivity contribution in [3.8, 4) is 0 Å². The predicted octanol–water partition coefficient (Wildman–Crippen LogP) is 21.2. The Kier molecular flexibility index (Phi) is 23.7. The van der Waals surface area contributed by atoms with Gasteiger partial charge in [-0.1, -0.05) is 51.5 Å². The molecule has 13 heteroatoms. The second kappa shape index (κ2) is 32.9. The Bertz CT molecular complexity index is 4300.